The second-order valence-corrected chi connectivity index (χ2v) is 10.2. The molecule has 0 aliphatic carbocycles. The number of likely N-dealkylation sites (tertiary alicyclic amines) is 1. The van der Waals surface area contributed by atoms with Gasteiger partial charge in [0.25, 0.3) is 11.8 Å². The molecule has 202 valence electrons. The number of nitrogens with one attached hydrogen (secondary N) is 1. The Morgan fingerprint density at radius 3 is 2.58 bits per heavy atom. The van der Waals surface area contributed by atoms with E-state index in [2.05, 4.69) is 5.32 Å². The predicted molar refractivity (Wildman–Crippen MR) is 140 cm³/mol. The van der Waals surface area contributed by atoms with Gasteiger partial charge in [-0.1, -0.05) is 24.3 Å². The van der Waals surface area contributed by atoms with Crippen molar-refractivity contribution in [3.05, 3.63) is 65.2 Å². The fraction of sp³-hybridized carbons (Fsp3) is 0.483. The van der Waals surface area contributed by atoms with Gasteiger partial charge in [0.2, 0.25) is 5.91 Å². The van der Waals surface area contributed by atoms with Crippen LogP contribution < -0.4 is 10.1 Å². The lowest BCUT2D eigenvalue weighted by Crippen LogP contribution is -2.60. The number of amides is 3. The fourth-order valence-electron chi connectivity index (χ4n) is 5.64. The second-order valence-electron chi connectivity index (χ2n) is 10.2. The number of rotatable bonds is 6. The van der Waals surface area contributed by atoms with Gasteiger partial charge in [0.1, 0.15) is 17.5 Å². The fourth-order valence-corrected chi connectivity index (χ4v) is 5.64. The van der Waals surface area contributed by atoms with Crippen molar-refractivity contribution >= 4 is 17.7 Å². The highest BCUT2D eigenvalue weighted by atomic mass is 16.5. The van der Waals surface area contributed by atoms with Gasteiger partial charge in [0.05, 0.1) is 19.8 Å². The number of carbonyl (C=O) groups excluding carboxylic acids is 3. The van der Waals surface area contributed by atoms with Crippen LogP contribution in [0.1, 0.15) is 52.0 Å². The van der Waals surface area contributed by atoms with E-state index in [9.17, 15) is 14.4 Å². The summed E-state index contributed by atoms with van der Waals surface area (Å²) in [4.78, 5) is 43.9. The molecular formula is C29H35N3O6. The molecular weight excluding hydrogens is 486 g/mol. The third-order valence-electron chi connectivity index (χ3n) is 7.83. The zero-order valence-electron chi connectivity index (χ0n) is 22.0. The summed E-state index contributed by atoms with van der Waals surface area (Å²) in [6.07, 6.45) is 2.72. The summed E-state index contributed by atoms with van der Waals surface area (Å²) in [7, 11) is 1.57. The van der Waals surface area contributed by atoms with Crippen LogP contribution >= 0.6 is 0 Å². The van der Waals surface area contributed by atoms with Crippen molar-refractivity contribution in [1.82, 2.24) is 15.1 Å². The van der Waals surface area contributed by atoms with E-state index in [1.165, 1.54) is 0 Å². The van der Waals surface area contributed by atoms with E-state index in [-0.39, 0.29) is 30.4 Å². The molecule has 2 atom stereocenters. The summed E-state index contributed by atoms with van der Waals surface area (Å²) in [5, 5.41) is 2.98. The van der Waals surface area contributed by atoms with Crippen molar-refractivity contribution in [3.63, 3.8) is 0 Å². The van der Waals surface area contributed by atoms with Gasteiger partial charge in [-0.05, 0) is 49.6 Å². The summed E-state index contributed by atoms with van der Waals surface area (Å²) in [5.74, 6) is 0.0503. The molecule has 0 saturated carbocycles. The number of nitrogens with zero attached hydrogens (tertiary/aromatic N) is 2. The Kier molecular flexibility index (Phi) is 7.67. The van der Waals surface area contributed by atoms with Gasteiger partial charge in [0, 0.05) is 50.2 Å². The first-order valence-corrected chi connectivity index (χ1v) is 13.3. The lowest BCUT2D eigenvalue weighted by Gasteiger charge is -2.44. The Hall–Kier alpha value is -3.43. The average molecular weight is 522 g/mol. The van der Waals surface area contributed by atoms with E-state index in [4.69, 9.17) is 14.2 Å². The Balaban J connectivity index is 1.35. The molecule has 3 aliphatic heterocycles. The summed E-state index contributed by atoms with van der Waals surface area (Å²) in [5.41, 5.74) is 0.968. The summed E-state index contributed by atoms with van der Waals surface area (Å²) < 4.78 is 17.2. The number of carbonyl (C=O) groups is 3. The second kappa shape index (κ2) is 11.1. The van der Waals surface area contributed by atoms with Crippen molar-refractivity contribution in [1.29, 1.82) is 0 Å². The van der Waals surface area contributed by atoms with E-state index in [1.54, 1.807) is 47.2 Å². The Labute approximate surface area is 223 Å². The minimum absolute atomic E-state index is 0.00149. The molecule has 9 heteroatoms. The highest BCUT2D eigenvalue weighted by molar-refractivity contribution is 5.99. The molecule has 0 radical (unpaired) electrons. The summed E-state index contributed by atoms with van der Waals surface area (Å²) >= 11 is 0. The SMILES string of the molecule is COc1cccc(C(=O)N2CCC3(CC2)OC[C@H](C(=O)NC[C@@H]2CCCO2)N3C(=O)c2ccccc2C)c1. The average Bonchev–Trinajstić information content (AvgIpc) is 3.60. The number of methoxy groups -OCH3 is 1. The van der Waals surface area contributed by atoms with Crippen LogP contribution in [0.3, 0.4) is 0 Å². The molecule has 5 rings (SSSR count). The van der Waals surface area contributed by atoms with Crippen molar-refractivity contribution < 1.29 is 28.6 Å². The van der Waals surface area contributed by atoms with Gasteiger partial charge in [-0.25, -0.2) is 0 Å². The van der Waals surface area contributed by atoms with Crippen LogP contribution in [0.4, 0.5) is 0 Å². The van der Waals surface area contributed by atoms with E-state index in [0.717, 1.165) is 18.4 Å². The van der Waals surface area contributed by atoms with Crippen LogP contribution in [0.2, 0.25) is 0 Å². The maximum Gasteiger partial charge on any atom is 0.257 e. The quantitative estimate of drug-likeness (QED) is 0.628. The maximum atomic E-state index is 14.0. The molecule has 2 aromatic rings. The molecule has 0 unspecified atom stereocenters. The Bertz CT molecular complexity index is 1190. The van der Waals surface area contributed by atoms with Gasteiger partial charge < -0.3 is 24.4 Å². The summed E-state index contributed by atoms with van der Waals surface area (Å²) in [6, 6.07) is 13.7. The highest BCUT2D eigenvalue weighted by Gasteiger charge is 2.54. The standard InChI is InChI=1S/C29H35N3O6/c1-20-7-3-4-11-24(20)28(35)32-25(26(33)30-18-23-10-6-16-37-23)19-38-29(32)12-14-31(15-13-29)27(34)21-8-5-9-22(17-21)36-2/h3-5,7-9,11,17,23,25H,6,10,12-16,18-19H2,1-2H3,(H,30,33)/t23-,25+/m0/s1. The van der Waals surface area contributed by atoms with Gasteiger partial charge in [-0.15, -0.1) is 0 Å². The number of piperidine rings is 1. The smallest absolute Gasteiger partial charge is 0.257 e. The Morgan fingerprint density at radius 2 is 1.87 bits per heavy atom. The maximum absolute atomic E-state index is 14.0. The number of ether oxygens (including phenoxy) is 3. The lowest BCUT2D eigenvalue weighted by molar-refractivity contribution is -0.128. The monoisotopic (exact) mass is 521 g/mol. The zero-order valence-corrected chi connectivity index (χ0v) is 22.0. The molecule has 1 spiro atoms. The van der Waals surface area contributed by atoms with Crippen LogP contribution in [0.25, 0.3) is 0 Å². The van der Waals surface area contributed by atoms with Crippen LogP contribution in [-0.4, -0.2) is 85.3 Å². The molecule has 0 bridgehead atoms. The molecule has 3 fully saturated rings. The largest absolute Gasteiger partial charge is 0.497 e. The molecule has 1 N–H and O–H groups in total. The number of hydrogen-bond acceptors (Lipinski definition) is 6. The molecule has 9 nitrogen and oxygen atoms in total. The minimum atomic E-state index is -0.962. The number of benzene rings is 2. The van der Waals surface area contributed by atoms with Gasteiger partial charge in [-0.3, -0.25) is 19.3 Å². The first-order chi connectivity index (χ1) is 18.4. The van der Waals surface area contributed by atoms with Crippen LogP contribution in [-0.2, 0) is 14.3 Å². The molecule has 3 saturated heterocycles. The van der Waals surface area contributed by atoms with Gasteiger partial charge in [0.15, 0.2) is 0 Å². The zero-order chi connectivity index (χ0) is 26.7. The highest BCUT2D eigenvalue weighted by Crippen LogP contribution is 2.39. The topological polar surface area (TPSA) is 97.4 Å². The van der Waals surface area contributed by atoms with E-state index < -0.39 is 11.8 Å². The molecule has 2 aromatic carbocycles. The first-order valence-electron chi connectivity index (χ1n) is 13.3. The predicted octanol–water partition coefficient (Wildman–Crippen LogP) is 2.77. The van der Waals surface area contributed by atoms with E-state index in [0.29, 0.717) is 56.0 Å². The molecule has 3 amide bonds. The van der Waals surface area contributed by atoms with Crippen LogP contribution in [0, 0.1) is 6.92 Å². The van der Waals surface area contributed by atoms with E-state index >= 15 is 0 Å². The molecule has 3 heterocycles. The minimum Gasteiger partial charge on any atom is -0.497 e. The Morgan fingerprint density at radius 1 is 1.08 bits per heavy atom. The molecule has 0 aromatic heterocycles. The van der Waals surface area contributed by atoms with Gasteiger partial charge >= 0.3 is 0 Å². The van der Waals surface area contributed by atoms with Crippen molar-refractivity contribution in [2.75, 3.05) is 40.0 Å². The van der Waals surface area contributed by atoms with Crippen LogP contribution in [0.5, 0.6) is 5.75 Å². The number of hydrogen-bond donors (Lipinski definition) is 1. The third-order valence-corrected chi connectivity index (χ3v) is 7.83. The van der Waals surface area contributed by atoms with Crippen LogP contribution in [0.15, 0.2) is 48.5 Å². The van der Waals surface area contributed by atoms with Crippen molar-refractivity contribution in [2.24, 2.45) is 0 Å². The first kappa shape index (κ1) is 26.2. The molecule has 3 aliphatic rings. The third kappa shape index (κ3) is 5.13. The van der Waals surface area contributed by atoms with Crippen molar-refractivity contribution in [3.8, 4) is 5.75 Å². The number of aryl methyl sites for hydroxylation is 1. The normalized spacial score (nSPS) is 22.5. The van der Waals surface area contributed by atoms with E-state index in [1.807, 2.05) is 25.1 Å². The molecule has 38 heavy (non-hydrogen) atoms. The van der Waals surface area contributed by atoms with Gasteiger partial charge in [-0.2, -0.15) is 0 Å². The summed E-state index contributed by atoms with van der Waals surface area (Å²) in [6.45, 7) is 3.92. The van der Waals surface area contributed by atoms with Crippen molar-refractivity contribution in [2.45, 2.75) is 50.5 Å². The lowest BCUT2D eigenvalue weighted by atomic mass is 9.95.